The van der Waals surface area contributed by atoms with Crippen molar-refractivity contribution in [2.45, 2.75) is 31.1 Å². The lowest BCUT2D eigenvalue weighted by Crippen LogP contribution is -2.51. The lowest BCUT2D eigenvalue weighted by molar-refractivity contribution is -0.153. The molecule has 0 fully saturated rings. The highest BCUT2D eigenvalue weighted by atomic mass is 19.2. The summed E-state index contributed by atoms with van der Waals surface area (Å²) < 4.78 is 33.4. The fourth-order valence-corrected chi connectivity index (χ4v) is 4.76. The van der Waals surface area contributed by atoms with Gasteiger partial charge in [-0.05, 0) is 28.6 Å². The summed E-state index contributed by atoms with van der Waals surface area (Å²) in [7, 11) is 1.54. The van der Waals surface area contributed by atoms with Crippen LogP contribution in [0.3, 0.4) is 0 Å². The summed E-state index contributed by atoms with van der Waals surface area (Å²) >= 11 is 0. The fourth-order valence-electron chi connectivity index (χ4n) is 4.76. The Balaban J connectivity index is 1.57. The van der Waals surface area contributed by atoms with E-state index in [1.54, 1.807) is 7.05 Å². The smallest absolute Gasteiger partial charge is 0.256 e. The lowest BCUT2D eigenvalue weighted by atomic mass is 9.92. The molecule has 3 aromatic rings. The molecular formula is C23H20F2N2O4. The van der Waals surface area contributed by atoms with E-state index in [2.05, 4.69) is 4.98 Å². The highest BCUT2D eigenvalue weighted by molar-refractivity contribution is 5.90. The largest absolute Gasteiger partial charge is 0.379 e. The lowest BCUT2D eigenvalue weighted by Gasteiger charge is -2.37. The summed E-state index contributed by atoms with van der Waals surface area (Å²) in [6, 6.07) is 8.65. The second kappa shape index (κ2) is 6.96. The van der Waals surface area contributed by atoms with Crippen molar-refractivity contribution in [1.29, 1.82) is 0 Å². The first-order valence-corrected chi connectivity index (χ1v) is 9.96. The zero-order chi connectivity index (χ0) is 21.9. The number of H-pyrrole nitrogens is 1. The Morgan fingerprint density at radius 2 is 1.77 bits per heavy atom. The Morgan fingerprint density at radius 1 is 1.16 bits per heavy atom. The average Bonchev–Trinajstić information content (AvgIpc) is 3.11. The van der Waals surface area contributed by atoms with Gasteiger partial charge < -0.3 is 19.7 Å². The molecule has 0 saturated heterocycles. The van der Waals surface area contributed by atoms with Crippen LogP contribution in [0.25, 0.3) is 10.8 Å². The van der Waals surface area contributed by atoms with Gasteiger partial charge in [-0.15, -0.1) is 0 Å². The van der Waals surface area contributed by atoms with E-state index >= 15 is 0 Å². The van der Waals surface area contributed by atoms with Gasteiger partial charge in [-0.25, -0.2) is 8.78 Å². The number of aromatic amines is 1. The van der Waals surface area contributed by atoms with E-state index in [-0.39, 0.29) is 36.8 Å². The van der Waals surface area contributed by atoms with Gasteiger partial charge in [-0.3, -0.25) is 9.59 Å². The maximum atomic E-state index is 14.1. The molecule has 5 rings (SSSR count). The van der Waals surface area contributed by atoms with Crippen LogP contribution in [0, 0.1) is 11.6 Å². The molecule has 0 saturated carbocycles. The fraction of sp³-hybridized carbons (Fsp3) is 0.304. The van der Waals surface area contributed by atoms with Crippen LogP contribution in [-0.4, -0.2) is 40.2 Å². The first kappa shape index (κ1) is 19.8. The van der Waals surface area contributed by atoms with Crippen molar-refractivity contribution in [2.24, 2.45) is 0 Å². The number of benzene rings is 2. The number of nitrogens with zero attached hydrogens (tertiary/aromatic N) is 1. The van der Waals surface area contributed by atoms with Crippen LogP contribution in [0.1, 0.15) is 28.4 Å². The van der Waals surface area contributed by atoms with Crippen molar-refractivity contribution in [1.82, 2.24) is 9.88 Å². The molecule has 1 aliphatic heterocycles. The van der Waals surface area contributed by atoms with Crippen LogP contribution < -0.4 is 5.56 Å². The predicted octanol–water partition coefficient (Wildman–Crippen LogP) is 2.37. The first-order chi connectivity index (χ1) is 14.8. The second-order valence-corrected chi connectivity index (χ2v) is 8.26. The van der Waals surface area contributed by atoms with Crippen LogP contribution in [0.2, 0.25) is 0 Å². The highest BCUT2D eigenvalue weighted by Gasteiger charge is 2.45. The number of amides is 1. The van der Waals surface area contributed by atoms with Crippen molar-refractivity contribution < 1.29 is 23.4 Å². The molecule has 160 valence electrons. The molecule has 2 aliphatic rings. The molecule has 2 aromatic carbocycles. The van der Waals surface area contributed by atoms with Gasteiger partial charge in [-0.2, -0.15) is 0 Å². The molecule has 1 aromatic heterocycles. The molecule has 31 heavy (non-hydrogen) atoms. The maximum absolute atomic E-state index is 14.1. The third kappa shape index (κ3) is 3.05. The van der Waals surface area contributed by atoms with Gasteiger partial charge in [0, 0.05) is 31.1 Å². The number of carbonyl (C=O) groups is 1. The number of aliphatic hydroxyl groups is 1. The Morgan fingerprint density at radius 3 is 2.42 bits per heavy atom. The highest BCUT2D eigenvalue weighted by Crippen LogP contribution is 2.37. The van der Waals surface area contributed by atoms with E-state index in [0.717, 1.165) is 23.3 Å². The number of rotatable bonds is 2. The van der Waals surface area contributed by atoms with Gasteiger partial charge in [0.25, 0.3) is 11.5 Å². The monoisotopic (exact) mass is 426 g/mol. The molecule has 8 heteroatoms. The summed E-state index contributed by atoms with van der Waals surface area (Å²) in [6.45, 7) is 0.173. The zero-order valence-corrected chi connectivity index (χ0v) is 16.7. The molecule has 0 radical (unpaired) electrons. The number of likely N-dealkylation sites (N-methyl/N-ethyl adjacent to an activating group) is 1. The minimum Gasteiger partial charge on any atom is -0.379 e. The third-order valence-corrected chi connectivity index (χ3v) is 6.31. The summed E-state index contributed by atoms with van der Waals surface area (Å²) in [5, 5.41) is 11.4. The van der Waals surface area contributed by atoms with Crippen molar-refractivity contribution in [3.05, 3.63) is 80.8 Å². The number of nitrogens with one attached hydrogen (secondary N) is 1. The molecule has 0 spiro atoms. The van der Waals surface area contributed by atoms with Crippen LogP contribution in [0.4, 0.5) is 8.78 Å². The minimum atomic E-state index is -1.61. The Hall–Kier alpha value is -3.10. The van der Waals surface area contributed by atoms with Gasteiger partial charge in [-0.1, -0.05) is 24.3 Å². The van der Waals surface area contributed by atoms with E-state index in [0.29, 0.717) is 11.3 Å². The molecule has 1 amide bonds. The Labute approximate surface area is 176 Å². The topological polar surface area (TPSA) is 82.6 Å². The number of hydrogen-bond acceptors (Lipinski definition) is 4. The molecule has 2 heterocycles. The normalized spacial score (nSPS) is 19.2. The minimum absolute atomic E-state index is 0.00242. The van der Waals surface area contributed by atoms with Crippen LogP contribution in [0.15, 0.2) is 41.2 Å². The van der Waals surface area contributed by atoms with Crippen LogP contribution >= 0.6 is 0 Å². The Kier molecular flexibility index (Phi) is 4.46. The van der Waals surface area contributed by atoms with Gasteiger partial charge in [0.1, 0.15) is 0 Å². The standard InChI is InChI=1S/C23H20F2N2O4/c1-27(22(29)23(30)8-12-4-2-3-5-13(12)9-23)19-11-31-10-18-20(19)14-6-16(24)17(25)7-15(14)21(28)26-18/h2-7,19,30H,8-11H2,1H3,(H,26,28)/t19-/m1/s1. The molecule has 2 N–H and O–H groups in total. The molecule has 0 bridgehead atoms. The second-order valence-electron chi connectivity index (χ2n) is 8.26. The number of halogens is 2. The number of pyridine rings is 1. The molecular weight excluding hydrogens is 406 g/mol. The number of fused-ring (bicyclic) bond motifs is 4. The van der Waals surface area contributed by atoms with Crippen molar-refractivity contribution >= 4 is 16.7 Å². The number of ether oxygens (including phenoxy) is 1. The predicted molar refractivity (Wildman–Crippen MR) is 108 cm³/mol. The first-order valence-electron chi connectivity index (χ1n) is 9.96. The van der Waals surface area contributed by atoms with E-state index in [4.69, 9.17) is 4.74 Å². The molecule has 1 aliphatic carbocycles. The van der Waals surface area contributed by atoms with Crippen molar-refractivity contribution in [3.63, 3.8) is 0 Å². The molecule has 6 nitrogen and oxygen atoms in total. The van der Waals surface area contributed by atoms with E-state index < -0.39 is 34.7 Å². The Bertz CT molecular complexity index is 1260. The third-order valence-electron chi connectivity index (χ3n) is 6.31. The van der Waals surface area contributed by atoms with Crippen LogP contribution in [0.5, 0.6) is 0 Å². The van der Waals surface area contributed by atoms with Gasteiger partial charge in [0.15, 0.2) is 17.2 Å². The average molecular weight is 426 g/mol. The van der Waals surface area contributed by atoms with Gasteiger partial charge in [0.2, 0.25) is 0 Å². The van der Waals surface area contributed by atoms with Gasteiger partial charge >= 0.3 is 0 Å². The number of aromatic nitrogens is 1. The summed E-state index contributed by atoms with van der Waals surface area (Å²) in [6.07, 6.45) is 0.387. The van der Waals surface area contributed by atoms with E-state index in [1.807, 2.05) is 24.3 Å². The summed E-state index contributed by atoms with van der Waals surface area (Å²) in [5.41, 5.74) is 0.566. The maximum Gasteiger partial charge on any atom is 0.256 e. The van der Waals surface area contributed by atoms with E-state index in [9.17, 15) is 23.5 Å². The van der Waals surface area contributed by atoms with E-state index in [1.165, 1.54) is 4.90 Å². The SMILES string of the molecule is CN(C(=O)C1(O)Cc2ccccc2C1)[C@@H]1COCc2[nH]c(=O)c3cc(F)c(F)cc3c21. The van der Waals surface area contributed by atoms with Crippen molar-refractivity contribution in [2.75, 3.05) is 13.7 Å². The summed E-state index contributed by atoms with van der Waals surface area (Å²) in [5.74, 6) is -2.69. The molecule has 1 atom stereocenters. The number of hydrogen-bond donors (Lipinski definition) is 2. The quantitative estimate of drug-likeness (QED) is 0.659. The zero-order valence-electron chi connectivity index (χ0n) is 16.7. The molecule has 0 unspecified atom stereocenters. The van der Waals surface area contributed by atoms with Gasteiger partial charge in [0.05, 0.1) is 24.6 Å². The summed E-state index contributed by atoms with van der Waals surface area (Å²) in [4.78, 5) is 29.8. The van der Waals surface area contributed by atoms with Crippen molar-refractivity contribution in [3.8, 4) is 0 Å². The number of carbonyl (C=O) groups excluding carboxylic acids is 1. The van der Waals surface area contributed by atoms with Crippen LogP contribution in [-0.2, 0) is 29.0 Å².